The van der Waals surface area contributed by atoms with Crippen molar-refractivity contribution in [3.63, 3.8) is 0 Å². The second kappa shape index (κ2) is 4.15. The third-order valence-corrected chi connectivity index (χ3v) is 3.66. The van der Waals surface area contributed by atoms with E-state index in [1.54, 1.807) is 0 Å². The average molecular weight is 229 g/mol. The van der Waals surface area contributed by atoms with Gasteiger partial charge in [-0.1, -0.05) is 11.6 Å². The lowest BCUT2D eigenvalue weighted by Crippen LogP contribution is -2.32. The van der Waals surface area contributed by atoms with Gasteiger partial charge in [-0.3, -0.25) is 4.68 Å². The van der Waals surface area contributed by atoms with Crippen LogP contribution in [0.5, 0.6) is 0 Å². The van der Waals surface area contributed by atoms with Gasteiger partial charge in [-0.2, -0.15) is 5.10 Å². The van der Waals surface area contributed by atoms with Crippen LogP contribution >= 0.6 is 0 Å². The van der Waals surface area contributed by atoms with Gasteiger partial charge in [-0.15, -0.1) is 0 Å². The molecule has 1 unspecified atom stereocenters. The van der Waals surface area contributed by atoms with Crippen molar-refractivity contribution < 1.29 is 0 Å². The number of aromatic nitrogens is 2. The Bertz CT molecular complexity index is 536. The minimum atomic E-state index is 0.516. The maximum Gasteiger partial charge on any atom is 0.0689 e. The second-order valence-electron chi connectivity index (χ2n) is 5.05. The molecule has 1 N–H and O–H groups in total. The molecule has 0 spiro atoms. The first-order valence-corrected chi connectivity index (χ1v) is 6.42. The van der Waals surface area contributed by atoms with Gasteiger partial charge in [-0.25, -0.2) is 0 Å². The highest BCUT2D eigenvalue weighted by molar-refractivity contribution is 5.82. The fourth-order valence-corrected chi connectivity index (χ4v) is 2.73. The van der Waals surface area contributed by atoms with Crippen molar-refractivity contribution in [3.8, 4) is 0 Å². The van der Waals surface area contributed by atoms with Gasteiger partial charge in [0.2, 0.25) is 0 Å². The molecule has 1 atom stereocenters. The van der Waals surface area contributed by atoms with E-state index in [1.807, 2.05) is 0 Å². The highest BCUT2D eigenvalue weighted by Gasteiger charge is 2.18. The van der Waals surface area contributed by atoms with Crippen LogP contribution in [0, 0.1) is 13.8 Å². The van der Waals surface area contributed by atoms with Gasteiger partial charge in [0.15, 0.2) is 0 Å². The fraction of sp³-hybridized carbons (Fsp3) is 0.500. The number of nitrogens with one attached hydrogen (secondary N) is 1. The van der Waals surface area contributed by atoms with Gasteiger partial charge >= 0.3 is 0 Å². The largest absolute Gasteiger partial charge is 0.315 e. The minimum Gasteiger partial charge on any atom is -0.315 e. The van der Waals surface area contributed by atoms with Crippen LogP contribution in [-0.4, -0.2) is 22.9 Å². The van der Waals surface area contributed by atoms with Gasteiger partial charge in [0.1, 0.15) is 0 Å². The maximum atomic E-state index is 4.73. The summed E-state index contributed by atoms with van der Waals surface area (Å²) in [6.45, 7) is 6.44. The van der Waals surface area contributed by atoms with E-state index in [2.05, 4.69) is 42.0 Å². The van der Waals surface area contributed by atoms with Crippen LogP contribution in [0.25, 0.3) is 10.9 Å². The zero-order valence-corrected chi connectivity index (χ0v) is 10.5. The molecule has 0 aliphatic carbocycles. The van der Waals surface area contributed by atoms with Crippen LogP contribution in [0.15, 0.2) is 18.2 Å². The predicted octanol–water partition coefficient (Wildman–Crippen LogP) is 2.58. The summed E-state index contributed by atoms with van der Waals surface area (Å²) >= 11 is 0. The molecule has 2 heterocycles. The number of nitrogens with zero attached hydrogens (tertiary/aromatic N) is 2. The monoisotopic (exact) mass is 229 g/mol. The van der Waals surface area contributed by atoms with Crippen LogP contribution < -0.4 is 5.32 Å². The summed E-state index contributed by atoms with van der Waals surface area (Å²) in [7, 11) is 0. The molecular weight excluding hydrogens is 210 g/mol. The van der Waals surface area contributed by atoms with E-state index in [4.69, 9.17) is 5.10 Å². The third-order valence-electron chi connectivity index (χ3n) is 3.66. The summed E-state index contributed by atoms with van der Waals surface area (Å²) in [5.74, 6) is 0. The van der Waals surface area contributed by atoms with E-state index in [9.17, 15) is 0 Å². The molecule has 3 nitrogen and oxygen atoms in total. The Kier molecular flexibility index (Phi) is 2.63. The van der Waals surface area contributed by atoms with E-state index in [0.29, 0.717) is 6.04 Å². The van der Waals surface area contributed by atoms with Crippen LogP contribution in [-0.2, 0) is 0 Å². The third kappa shape index (κ3) is 1.84. The molecule has 0 bridgehead atoms. The molecule has 0 radical (unpaired) electrons. The molecular formula is C14H19N3. The summed E-state index contributed by atoms with van der Waals surface area (Å²) < 4.78 is 2.22. The van der Waals surface area contributed by atoms with Gasteiger partial charge in [0, 0.05) is 11.9 Å². The number of benzene rings is 1. The van der Waals surface area contributed by atoms with E-state index in [1.165, 1.54) is 29.3 Å². The Hall–Kier alpha value is -1.35. The van der Waals surface area contributed by atoms with Crippen molar-refractivity contribution in [2.75, 3.05) is 13.1 Å². The first kappa shape index (κ1) is 10.8. The highest BCUT2D eigenvalue weighted by atomic mass is 15.3. The molecule has 1 aliphatic rings. The number of fused-ring (bicyclic) bond motifs is 1. The van der Waals surface area contributed by atoms with Crippen LogP contribution in [0.3, 0.4) is 0 Å². The summed E-state index contributed by atoms with van der Waals surface area (Å²) in [5, 5.41) is 9.49. The highest BCUT2D eigenvalue weighted by Crippen LogP contribution is 2.25. The fourth-order valence-electron chi connectivity index (χ4n) is 2.73. The number of aryl methyl sites for hydroxylation is 2. The number of hydrogen-bond acceptors (Lipinski definition) is 2. The Labute approximate surface area is 102 Å². The molecule has 90 valence electrons. The summed E-state index contributed by atoms with van der Waals surface area (Å²) in [4.78, 5) is 0. The SMILES string of the molecule is Cc1ccc2c(c1)c(C)nn2C1CCCNC1. The normalized spacial score (nSPS) is 20.9. The number of piperidine rings is 1. The van der Waals surface area contributed by atoms with Crippen LogP contribution in [0.2, 0.25) is 0 Å². The van der Waals surface area contributed by atoms with Crippen LogP contribution in [0.1, 0.15) is 30.1 Å². The van der Waals surface area contributed by atoms with Gasteiger partial charge in [0.05, 0.1) is 17.3 Å². The van der Waals surface area contributed by atoms with Gasteiger partial charge < -0.3 is 5.32 Å². The number of hydrogen-bond donors (Lipinski definition) is 1. The standard InChI is InChI=1S/C14H19N3/c1-10-5-6-14-13(8-10)11(2)16-17(14)12-4-3-7-15-9-12/h5-6,8,12,15H,3-4,7,9H2,1-2H3. The smallest absolute Gasteiger partial charge is 0.0689 e. The molecule has 17 heavy (non-hydrogen) atoms. The Morgan fingerprint density at radius 1 is 1.35 bits per heavy atom. The summed E-state index contributed by atoms with van der Waals surface area (Å²) in [5.41, 5.74) is 3.73. The lowest BCUT2D eigenvalue weighted by atomic mass is 10.1. The molecule has 0 amide bonds. The van der Waals surface area contributed by atoms with Crippen molar-refractivity contribution in [2.24, 2.45) is 0 Å². The lowest BCUT2D eigenvalue weighted by Gasteiger charge is -2.23. The summed E-state index contributed by atoms with van der Waals surface area (Å²) in [6.07, 6.45) is 2.48. The van der Waals surface area contributed by atoms with Crippen molar-refractivity contribution in [1.29, 1.82) is 0 Å². The molecule has 1 saturated heterocycles. The Morgan fingerprint density at radius 3 is 3.00 bits per heavy atom. The molecule has 2 aromatic rings. The molecule has 3 heteroatoms. The van der Waals surface area contributed by atoms with E-state index >= 15 is 0 Å². The van der Waals surface area contributed by atoms with Crippen molar-refractivity contribution in [1.82, 2.24) is 15.1 Å². The molecule has 1 fully saturated rings. The predicted molar refractivity (Wildman–Crippen MR) is 70.3 cm³/mol. The molecule has 0 saturated carbocycles. The molecule has 1 aromatic carbocycles. The lowest BCUT2D eigenvalue weighted by molar-refractivity contribution is 0.354. The zero-order valence-electron chi connectivity index (χ0n) is 10.5. The minimum absolute atomic E-state index is 0.516. The van der Waals surface area contributed by atoms with E-state index in [0.717, 1.165) is 18.8 Å². The topological polar surface area (TPSA) is 29.9 Å². The van der Waals surface area contributed by atoms with Crippen molar-refractivity contribution in [2.45, 2.75) is 32.7 Å². The molecule has 3 rings (SSSR count). The maximum absolute atomic E-state index is 4.73. The Balaban J connectivity index is 2.10. The second-order valence-corrected chi connectivity index (χ2v) is 5.05. The first-order valence-electron chi connectivity index (χ1n) is 6.42. The van der Waals surface area contributed by atoms with E-state index < -0.39 is 0 Å². The van der Waals surface area contributed by atoms with Crippen molar-refractivity contribution in [3.05, 3.63) is 29.5 Å². The quantitative estimate of drug-likeness (QED) is 0.814. The molecule has 1 aromatic heterocycles. The number of rotatable bonds is 1. The molecule has 1 aliphatic heterocycles. The van der Waals surface area contributed by atoms with E-state index in [-0.39, 0.29) is 0 Å². The average Bonchev–Trinajstić information content (AvgIpc) is 2.68. The first-order chi connectivity index (χ1) is 8.25. The Morgan fingerprint density at radius 2 is 2.24 bits per heavy atom. The zero-order chi connectivity index (χ0) is 11.8. The van der Waals surface area contributed by atoms with Gasteiger partial charge in [-0.05, 0) is 45.4 Å². The van der Waals surface area contributed by atoms with Crippen molar-refractivity contribution >= 4 is 10.9 Å². The van der Waals surface area contributed by atoms with Gasteiger partial charge in [0.25, 0.3) is 0 Å². The van der Waals surface area contributed by atoms with Crippen LogP contribution in [0.4, 0.5) is 0 Å². The summed E-state index contributed by atoms with van der Waals surface area (Å²) in [6, 6.07) is 7.14.